The summed E-state index contributed by atoms with van der Waals surface area (Å²) in [5.41, 5.74) is 2.02. The Kier molecular flexibility index (Phi) is 7.07. The number of carbonyl (C=O) groups excluding carboxylic acids is 2. The minimum Gasteiger partial charge on any atom is -0.497 e. The maximum atomic E-state index is 13.6. The average Bonchev–Trinajstić information content (AvgIpc) is 3.70. The van der Waals surface area contributed by atoms with Gasteiger partial charge in [0.1, 0.15) is 17.4 Å². The molecule has 0 unspecified atom stereocenters. The first-order chi connectivity index (χ1) is 16.3. The van der Waals surface area contributed by atoms with E-state index in [1.54, 1.807) is 36.2 Å². The second kappa shape index (κ2) is 10.0. The number of nitrogens with zero attached hydrogens (tertiary/aromatic N) is 3. The van der Waals surface area contributed by atoms with Gasteiger partial charge in [-0.25, -0.2) is 4.98 Å². The molecule has 1 aromatic heterocycles. The molecule has 0 saturated heterocycles. The Morgan fingerprint density at radius 3 is 2.62 bits per heavy atom. The SMILES string of the molecule is COc1ccc(-c2cnc3c(c2)C(=O)N([C@@H](C)CO)C[C@H](C)[C@H](CN(C)C(=O)C2CC2)O3)cc1. The molecule has 2 amide bonds. The molecule has 8 nitrogen and oxygen atoms in total. The largest absolute Gasteiger partial charge is 0.497 e. The summed E-state index contributed by atoms with van der Waals surface area (Å²) in [4.78, 5) is 34.1. The van der Waals surface area contributed by atoms with Crippen molar-refractivity contribution >= 4 is 11.8 Å². The van der Waals surface area contributed by atoms with Crippen LogP contribution in [0.1, 0.15) is 37.0 Å². The molecule has 0 spiro atoms. The number of fused-ring (bicyclic) bond motifs is 1. The average molecular weight is 468 g/mol. The highest BCUT2D eigenvalue weighted by atomic mass is 16.5. The highest BCUT2D eigenvalue weighted by molar-refractivity contribution is 5.98. The number of pyridine rings is 1. The molecule has 182 valence electrons. The van der Waals surface area contributed by atoms with E-state index < -0.39 is 0 Å². The first-order valence-corrected chi connectivity index (χ1v) is 11.8. The molecule has 3 atom stereocenters. The Labute approximate surface area is 200 Å². The monoisotopic (exact) mass is 467 g/mol. The zero-order valence-electron chi connectivity index (χ0n) is 20.2. The molecular formula is C26H33N3O5. The van der Waals surface area contributed by atoms with E-state index >= 15 is 0 Å². The summed E-state index contributed by atoms with van der Waals surface area (Å²) in [7, 11) is 3.41. The van der Waals surface area contributed by atoms with Gasteiger partial charge in [0.05, 0.1) is 26.3 Å². The molecule has 2 aromatic rings. The zero-order valence-corrected chi connectivity index (χ0v) is 20.2. The van der Waals surface area contributed by atoms with Crippen LogP contribution >= 0.6 is 0 Å². The van der Waals surface area contributed by atoms with Gasteiger partial charge in [-0.1, -0.05) is 19.1 Å². The van der Waals surface area contributed by atoms with Gasteiger partial charge in [-0.2, -0.15) is 0 Å². The number of hydrogen-bond acceptors (Lipinski definition) is 6. The number of aliphatic hydroxyl groups excluding tert-OH is 1. The fourth-order valence-corrected chi connectivity index (χ4v) is 4.26. The van der Waals surface area contributed by atoms with E-state index in [1.807, 2.05) is 38.1 Å². The second-order valence-corrected chi connectivity index (χ2v) is 9.42. The number of amides is 2. The van der Waals surface area contributed by atoms with Crippen LogP contribution in [0.5, 0.6) is 11.6 Å². The summed E-state index contributed by atoms with van der Waals surface area (Å²) in [5, 5.41) is 9.83. The summed E-state index contributed by atoms with van der Waals surface area (Å²) in [6.45, 7) is 4.49. The van der Waals surface area contributed by atoms with E-state index in [9.17, 15) is 14.7 Å². The first kappa shape index (κ1) is 24.0. The number of aliphatic hydroxyl groups is 1. The minimum absolute atomic E-state index is 0.0661. The van der Waals surface area contributed by atoms with Crippen molar-refractivity contribution in [2.24, 2.45) is 11.8 Å². The molecule has 8 heteroatoms. The quantitative estimate of drug-likeness (QED) is 0.673. The van der Waals surface area contributed by atoms with Crippen molar-refractivity contribution in [3.8, 4) is 22.8 Å². The van der Waals surface area contributed by atoms with Crippen LogP contribution in [-0.4, -0.2) is 77.7 Å². The Morgan fingerprint density at radius 2 is 2.00 bits per heavy atom. The third kappa shape index (κ3) is 5.01. The zero-order chi connectivity index (χ0) is 24.4. The van der Waals surface area contributed by atoms with Gasteiger partial charge in [0.2, 0.25) is 11.8 Å². The lowest BCUT2D eigenvalue weighted by Crippen LogP contribution is -2.50. The van der Waals surface area contributed by atoms with E-state index in [0.717, 1.165) is 29.7 Å². The Morgan fingerprint density at radius 1 is 1.29 bits per heavy atom. The van der Waals surface area contributed by atoms with Crippen molar-refractivity contribution in [1.29, 1.82) is 0 Å². The number of aromatic nitrogens is 1. The van der Waals surface area contributed by atoms with Crippen molar-refractivity contribution in [1.82, 2.24) is 14.8 Å². The molecule has 1 aromatic carbocycles. The lowest BCUT2D eigenvalue weighted by molar-refractivity contribution is -0.132. The summed E-state index contributed by atoms with van der Waals surface area (Å²) in [6, 6.07) is 8.96. The summed E-state index contributed by atoms with van der Waals surface area (Å²) < 4.78 is 11.5. The third-order valence-corrected chi connectivity index (χ3v) is 6.70. The maximum absolute atomic E-state index is 13.6. The van der Waals surface area contributed by atoms with Crippen LogP contribution in [0.3, 0.4) is 0 Å². The minimum atomic E-state index is -0.364. The lowest BCUT2D eigenvalue weighted by atomic mass is 9.99. The number of methoxy groups -OCH3 is 1. The number of likely N-dealkylation sites (N-methyl/N-ethyl adjacent to an activating group) is 1. The summed E-state index contributed by atoms with van der Waals surface area (Å²) in [5.74, 6) is 0.959. The van der Waals surface area contributed by atoms with Gasteiger partial charge < -0.3 is 24.4 Å². The highest BCUT2D eigenvalue weighted by Crippen LogP contribution is 2.33. The number of ether oxygens (including phenoxy) is 2. The number of benzene rings is 1. The molecule has 2 heterocycles. The van der Waals surface area contributed by atoms with Gasteiger partial charge in [-0.15, -0.1) is 0 Å². The van der Waals surface area contributed by atoms with Crippen LogP contribution in [-0.2, 0) is 4.79 Å². The van der Waals surface area contributed by atoms with Gasteiger partial charge in [-0.3, -0.25) is 9.59 Å². The van der Waals surface area contributed by atoms with Crippen LogP contribution in [0.4, 0.5) is 0 Å². The van der Waals surface area contributed by atoms with Gasteiger partial charge in [0.15, 0.2) is 0 Å². The molecule has 1 saturated carbocycles. The second-order valence-electron chi connectivity index (χ2n) is 9.42. The Hall–Kier alpha value is -3.13. The van der Waals surface area contributed by atoms with Crippen molar-refractivity contribution in [2.75, 3.05) is 33.9 Å². The van der Waals surface area contributed by atoms with Crippen molar-refractivity contribution in [3.63, 3.8) is 0 Å². The summed E-state index contributed by atoms with van der Waals surface area (Å²) in [6.07, 6.45) is 3.24. The smallest absolute Gasteiger partial charge is 0.259 e. The van der Waals surface area contributed by atoms with Crippen LogP contribution in [0.2, 0.25) is 0 Å². The van der Waals surface area contributed by atoms with Crippen molar-refractivity contribution in [3.05, 3.63) is 42.1 Å². The molecule has 34 heavy (non-hydrogen) atoms. The van der Waals surface area contributed by atoms with Crippen LogP contribution in [0.15, 0.2) is 36.5 Å². The predicted octanol–water partition coefficient (Wildman–Crippen LogP) is 2.85. The molecule has 1 N–H and O–H groups in total. The van der Waals surface area contributed by atoms with Crippen molar-refractivity contribution < 1.29 is 24.2 Å². The molecular weight excluding hydrogens is 434 g/mol. The normalized spacial score (nSPS) is 21.1. The van der Waals surface area contributed by atoms with Crippen molar-refractivity contribution in [2.45, 2.75) is 38.8 Å². The van der Waals surface area contributed by atoms with E-state index in [1.165, 1.54) is 0 Å². The standard InChI is InChI=1S/C26H33N3O5/c1-16-13-29(17(2)15-30)26(32)22-11-20(18-7-9-21(33-4)10-8-18)12-27-24(22)34-23(16)14-28(3)25(31)19-5-6-19/h7-12,16-17,19,23,30H,5-6,13-15H2,1-4H3/t16-,17-,23-/m0/s1. The van der Waals surface area contributed by atoms with Gasteiger partial charge in [0.25, 0.3) is 5.91 Å². The fourth-order valence-electron chi connectivity index (χ4n) is 4.26. The summed E-state index contributed by atoms with van der Waals surface area (Å²) >= 11 is 0. The van der Waals surface area contributed by atoms with Gasteiger partial charge in [-0.05, 0) is 43.5 Å². The molecule has 2 aliphatic rings. The van der Waals surface area contributed by atoms with Crippen LogP contribution in [0.25, 0.3) is 11.1 Å². The number of carbonyl (C=O) groups is 2. The van der Waals surface area contributed by atoms with E-state index in [4.69, 9.17) is 9.47 Å². The molecule has 1 fully saturated rings. The third-order valence-electron chi connectivity index (χ3n) is 6.70. The highest BCUT2D eigenvalue weighted by Gasteiger charge is 2.37. The maximum Gasteiger partial charge on any atom is 0.259 e. The molecule has 0 radical (unpaired) electrons. The Bertz CT molecular complexity index is 1040. The van der Waals surface area contributed by atoms with Crippen LogP contribution in [0, 0.1) is 11.8 Å². The molecule has 1 aliphatic heterocycles. The lowest BCUT2D eigenvalue weighted by Gasteiger charge is -2.37. The van der Waals surface area contributed by atoms with Gasteiger partial charge >= 0.3 is 0 Å². The van der Waals surface area contributed by atoms with Gasteiger partial charge in [0, 0.05) is 37.2 Å². The van der Waals surface area contributed by atoms with E-state index in [2.05, 4.69) is 4.98 Å². The predicted molar refractivity (Wildman–Crippen MR) is 128 cm³/mol. The molecule has 4 rings (SSSR count). The Balaban J connectivity index is 1.68. The molecule has 1 aliphatic carbocycles. The van der Waals surface area contributed by atoms with Crippen LogP contribution < -0.4 is 9.47 Å². The van der Waals surface area contributed by atoms with E-state index in [0.29, 0.717) is 18.7 Å². The van der Waals surface area contributed by atoms with E-state index in [-0.39, 0.29) is 48.3 Å². The first-order valence-electron chi connectivity index (χ1n) is 11.8. The fraction of sp³-hybridized carbons (Fsp3) is 0.500. The number of hydrogen-bond donors (Lipinski definition) is 1. The topological polar surface area (TPSA) is 92.2 Å². The molecule has 0 bridgehead atoms. The number of rotatable bonds is 7.